The fraction of sp³-hybridized carbons (Fsp3) is 0.400. The molecule has 0 saturated carbocycles. The number of hydrogen-bond acceptors (Lipinski definition) is 5. The standard InChI is InChI=1S/C30H37N3O4/c1-7-37-28(35)18-24(23-11-13-31-25(17-23)29-21(5)9-8-10-22(29)6)32-30(36)26(15-19(2)3)33-14-12-20(4)16-27(33)34/h8-14,16-17,19,24,26H,7,15,18H2,1-6H3,(H,32,36)/t24-,26?/m1/s1. The van der Waals surface area contributed by atoms with Crippen LogP contribution in [0.25, 0.3) is 11.3 Å². The highest BCUT2D eigenvalue weighted by atomic mass is 16.5. The quantitative estimate of drug-likeness (QED) is 0.383. The Morgan fingerprint density at radius 2 is 1.76 bits per heavy atom. The van der Waals surface area contributed by atoms with Gasteiger partial charge >= 0.3 is 5.97 Å². The van der Waals surface area contributed by atoms with Crippen LogP contribution in [-0.2, 0) is 14.3 Å². The Bertz CT molecular complexity index is 1290. The molecule has 0 bridgehead atoms. The average molecular weight is 504 g/mol. The van der Waals surface area contributed by atoms with Crippen LogP contribution in [-0.4, -0.2) is 28.0 Å². The van der Waals surface area contributed by atoms with Gasteiger partial charge in [-0.3, -0.25) is 19.4 Å². The van der Waals surface area contributed by atoms with Gasteiger partial charge in [-0.2, -0.15) is 0 Å². The van der Waals surface area contributed by atoms with Crippen molar-refractivity contribution in [1.82, 2.24) is 14.9 Å². The SMILES string of the molecule is CCOC(=O)C[C@@H](NC(=O)C(CC(C)C)n1ccc(C)cc1=O)c1ccnc(-c2c(C)cccc2C)c1. The molecule has 0 aliphatic carbocycles. The van der Waals surface area contributed by atoms with E-state index in [1.54, 1.807) is 25.4 Å². The second-order valence-corrected chi connectivity index (χ2v) is 9.91. The molecule has 0 aliphatic heterocycles. The lowest BCUT2D eigenvalue weighted by atomic mass is 9.96. The second kappa shape index (κ2) is 12.5. The zero-order valence-electron chi connectivity index (χ0n) is 22.6. The van der Waals surface area contributed by atoms with Crippen LogP contribution in [0.1, 0.15) is 68.0 Å². The van der Waals surface area contributed by atoms with Crippen molar-refractivity contribution in [3.05, 3.63) is 87.5 Å². The number of hydrogen-bond donors (Lipinski definition) is 1. The van der Waals surface area contributed by atoms with Crippen molar-refractivity contribution in [2.45, 2.75) is 66.5 Å². The van der Waals surface area contributed by atoms with E-state index in [4.69, 9.17) is 4.74 Å². The second-order valence-electron chi connectivity index (χ2n) is 9.91. The van der Waals surface area contributed by atoms with Crippen molar-refractivity contribution >= 4 is 11.9 Å². The lowest BCUT2D eigenvalue weighted by Gasteiger charge is -2.25. The Kier molecular flexibility index (Phi) is 9.39. The lowest BCUT2D eigenvalue weighted by molar-refractivity contribution is -0.144. The smallest absolute Gasteiger partial charge is 0.308 e. The van der Waals surface area contributed by atoms with E-state index in [1.165, 1.54) is 10.6 Å². The van der Waals surface area contributed by atoms with E-state index in [0.717, 1.165) is 33.5 Å². The number of amides is 1. The van der Waals surface area contributed by atoms with Gasteiger partial charge in [-0.25, -0.2) is 0 Å². The number of aryl methyl sites for hydroxylation is 3. The van der Waals surface area contributed by atoms with Gasteiger partial charge in [-0.1, -0.05) is 32.0 Å². The Balaban J connectivity index is 2.00. The van der Waals surface area contributed by atoms with Gasteiger partial charge in [0.25, 0.3) is 5.56 Å². The minimum absolute atomic E-state index is 0.0347. The van der Waals surface area contributed by atoms with Gasteiger partial charge in [0.15, 0.2) is 0 Å². The summed E-state index contributed by atoms with van der Waals surface area (Å²) in [7, 11) is 0. The monoisotopic (exact) mass is 503 g/mol. The van der Waals surface area contributed by atoms with Gasteiger partial charge in [-0.05, 0) is 80.5 Å². The van der Waals surface area contributed by atoms with Crippen molar-refractivity contribution in [2.75, 3.05) is 6.61 Å². The molecular formula is C30H37N3O4. The molecule has 1 unspecified atom stereocenters. The van der Waals surface area contributed by atoms with Crippen LogP contribution in [0.2, 0.25) is 0 Å². The summed E-state index contributed by atoms with van der Waals surface area (Å²) >= 11 is 0. The molecule has 0 saturated heterocycles. The summed E-state index contributed by atoms with van der Waals surface area (Å²) in [6, 6.07) is 11.8. The third kappa shape index (κ3) is 7.15. The molecule has 2 aromatic heterocycles. The van der Waals surface area contributed by atoms with Crippen molar-refractivity contribution in [2.24, 2.45) is 5.92 Å². The van der Waals surface area contributed by atoms with Crippen LogP contribution in [0.15, 0.2) is 59.7 Å². The Morgan fingerprint density at radius 1 is 1.05 bits per heavy atom. The number of carbonyl (C=O) groups excluding carboxylic acids is 2. The van der Waals surface area contributed by atoms with Crippen LogP contribution in [0, 0.1) is 26.7 Å². The van der Waals surface area contributed by atoms with E-state index in [2.05, 4.69) is 10.3 Å². The molecule has 1 amide bonds. The van der Waals surface area contributed by atoms with Gasteiger partial charge in [0.2, 0.25) is 5.91 Å². The number of rotatable bonds is 10. The fourth-order valence-corrected chi connectivity index (χ4v) is 4.57. The zero-order chi connectivity index (χ0) is 27.1. The van der Waals surface area contributed by atoms with Gasteiger partial charge in [0.1, 0.15) is 6.04 Å². The highest BCUT2D eigenvalue weighted by Crippen LogP contribution is 2.29. The molecule has 37 heavy (non-hydrogen) atoms. The number of carbonyl (C=O) groups is 2. The van der Waals surface area contributed by atoms with E-state index in [9.17, 15) is 14.4 Å². The number of nitrogens with one attached hydrogen (secondary N) is 1. The highest BCUT2D eigenvalue weighted by molar-refractivity contribution is 5.82. The Labute approximate surface area is 218 Å². The number of esters is 1. The minimum atomic E-state index is -0.710. The molecule has 7 heteroatoms. The largest absolute Gasteiger partial charge is 0.466 e. The van der Waals surface area contributed by atoms with Crippen LogP contribution in [0.5, 0.6) is 0 Å². The number of pyridine rings is 2. The average Bonchev–Trinajstić information content (AvgIpc) is 2.82. The summed E-state index contributed by atoms with van der Waals surface area (Å²) in [6.07, 6.45) is 3.80. The number of nitrogens with zero attached hydrogens (tertiary/aromatic N) is 2. The van der Waals surface area contributed by atoms with Gasteiger partial charge in [0, 0.05) is 24.0 Å². The van der Waals surface area contributed by atoms with Gasteiger partial charge in [-0.15, -0.1) is 0 Å². The summed E-state index contributed by atoms with van der Waals surface area (Å²) in [5, 5.41) is 3.05. The van der Waals surface area contributed by atoms with Crippen LogP contribution in [0.3, 0.4) is 0 Å². The van der Waals surface area contributed by atoms with E-state index in [1.807, 2.05) is 65.0 Å². The molecule has 0 spiro atoms. The van der Waals surface area contributed by atoms with Crippen LogP contribution in [0.4, 0.5) is 0 Å². The third-order valence-electron chi connectivity index (χ3n) is 6.35. The number of benzene rings is 1. The first-order valence-corrected chi connectivity index (χ1v) is 12.8. The van der Waals surface area contributed by atoms with Crippen molar-refractivity contribution in [3.63, 3.8) is 0 Å². The molecule has 0 fully saturated rings. The van der Waals surface area contributed by atoms with Crippen molar-refractivity contribution in [3.8, 4) is 11.3 Å². The first-order valence-electron chi connectivity index (χ1n) is 12.8. The zero-order valence-corrected chi connectivity index (χ0v) is 22.6. The maximum Gasteiger partial charge on any atom is 0.308 e. The van der Waals surface area contributed by atoms with E-state index in [-0.39, 0.29) is 30.4 Å². The summed E-state index contributed by atoms with van der Waals surface area (Å²) < 4.78 is 6.68. The summed E-state index contributed by atoms with van der Waals surface area (Å²) in [5.41, 5.74) is 5.32. The first-order chi connectivity index (χ1) is 17.6. The molecule has 3 rings (SSSR count). The highest BCUT2D eigenvalue weighted by Gasteiger charge is 2.27. The van der Waals surface area contributed by atoms with Crippen LogP contribution >= 0.6 is 0 Å². The van der Waals surface area contributed by atoms with Gasteiger partial charge in [0.05, 0.1) is 24.8 Å². The van der Waals surface area contributed by atoms with E-state index < -0.39 is 18.1 Å². The predicted octanol–water partition coefficient (Wildman–Crippen LogP) is 5.23. The number of ether oxygens (including phenoxy) is 1. The lowest BCUT2D eigenvalue weighted by Crippen LogP contribution is -2.40. The summed E-state index contributed by atoms with van der Waals surface area (Å²) in [6.45, 7) is 11.9. The molecule has 2 heterocycles. The molecule has 3 aromatic rings. The minimum Gasteiger partial charge on any atom is -0.466 e. The Hall–Kier alpha value is -3.74. The Morgan fingerprint density at radius 3 is 2.38 bits per heavy atom. The van der Waals surface area contributed by atoms with E-state index >= 15 is 0 Å². The molecule has 196 valence electrons. The molecule has 0 aliphatic rings. The van der Waals surface area contributed by atoms with E-state index in [0.29, 0.717) is 6.42 Å². The fourth-order valence-electron chi connectivity index (χ4n) is 4.57. The first kappa shape index (κ1) is 27.8. The van der Waals surface area contributed by atoms with Crippen LogP contribution < -0.4 is 10.9 Å². The molecule has 2 atom stereocenters. The molecule has 0 radical (unpaired) electrons. The summed E-state index contributed by atoms with van der Waals surface area (Å²) in [4.78, 5) is 43.5. The molecule has 1 aromatic carbocycles. The molecular weight excluding hydrogens is 466 g/mol. The number of aromatic nitrogens is 2. The predicted molar refractivity (Wildman–Crippen MR) is 145 cm³/mol. The maximum absolute atomic E-state index is 13.7. The molecule has 1 N–H and O–H groups in total. The normalized spacial score (nSPS) is 12.7. The van der Waals surface area contributed by atoms with Crippen molar-refractivity contribution in [1.29, 1.82) is 0 Å². The third-order valence-corrected chi connectivity index (χ3v) is 6.35. The maximum atomic E-state index is 13.7. The molecule has 7 nitrogen and oxygen atoms in total. The summed E-state index contributed by atoms with van der Waals surface area (Å²) in [5.74, 6) is -0.561. The van der Waals surface area contributed by atoms with Crippen molar-refractivity contribution < 1.29 is 14.3 Å². The van der Waals surface area contributed by atoms with Gasteiger partial charge < -0.3 is 14.6 Å². The topological polar surface area (TPSA) is 90.3 Å².